The molecule has 0 aliphatic heterocycles. The van der Waals surface area contributed by atoms with Crippen LogP contribution in [0.15, 0.2) is 40.8 Å². The van der Waals surface area contributed by atoms with Crippen LogP contribution in [0.2, 0.25) is 5.02 Å². The highest BCUT2D eigenvalue weighted by Crippen LogP contribution is 2.61. The molecule has 4 bridgehead atoms. The number of carbonyl (C=O) groups is 1. The van der Waals surface area contributed by atoms with Crippen molar-refractivity contribution in [2.45, 2.75) is 51.9 Å². The first-order valence-electron chi connectivity index (χ1n) is 11.4. The summed E-state index contributed by atoms with van der Waals surface area (Å²) in [4.78, 5) is 17.6. The van der Waals surface area contributed by atoms with Crippen LogP contribution < -0.4 is 5.32 Å². The van der Waals surface area contributed by atoms with Crippen molar-refractivity contribution in [1.82, 2.24) is 4.98 Å². The molecular weight excluding hydrogens is 408 g/mol. The topological polar surface area (TPSA) is 55.1 Å². The van der Waals surface area contributed by atoms with Gasteiger partial charge < -0.3 is 9.73 Å². The fourth-order valence-corrected chi connectivity index (χ4v) is 7.16. The number of oxazole rings is 1. The highest BCUT2D eigenvalue weighted by molar-refractivity contribution is 6.33. The largest absolute Gasteiger partial charge is 0.436 e. The average molecular weight is 435 g/mol. The van der Waals surface area contributed by atoms with E-state index in [4.69, 9.17) is 16.0 Å². The Labute approximate surface area is 187 Å². The van der Waals surface area contributed by atoms with Crippen molar-refractivity contribution in [3.63, 3.8) is 0 Å². The number of halogens is 1. The first-order chi connectivity index (χ1) is 14.9. The van der Waals surface area contributed by atoms with Gasteiger partial charge in [-0.25, -0.2) is 4.98 Å². The Bertz CT molecular complexity index is 1150. The summed E-state index contributed by atoms with van der Waals surface area (Å²) in [6.45, 7) is 2.02. The maximum absolute atomic E-state index is 13.0. The molecule has 4 saturated carbocycles. The zero-order chi connectivity index (χ0) is 21.2. The number of anilines is 1. The van der Waals surface area contributed by atoms with Crippen LogP contribution in [0.1, 0.15) is 50.5 Å². The zero-order valence-corrected chi connectivity index (χ0v) is 18.5. The van der Waals surface area contributed by atoms with E-state index in [-0.39, 0.29) is 11.3 Å². The molecule has 7 rings (SSSR count). The van der Waals surface area contributed by atoms with Crippen LogP contribution in [0.4, 0.5) is 5.69 Å². The molecule has 0 atom stereocenters. The summed E-state index contributed by atoms with van der Waals surface area (Å²) >= 11 is 6.46. The van der Waals surface area contributed by atoms with Gasteiger partial charge in [-0.3, -0.25) is 4.79 Å². The standard InChI is InChI=1S/C26H27ClN2O2/c1-15-2-5-22-23(6-15)31-25(29-22)20-10-19(3-4-21(20)27)28-24(30)14-26-11-16-7-17(12-26)9-18(8-16)13-26/h2-6,10,16-18H,7-9,11-14H2,1H3,(H,28,30). The van der Waals surface area contributed by atoms with E-state index in [1.54, 1.807) is 6.07 Å². The third-order valence-corrected chi connectivity index (χ3v) is 8.05. The minimum atomic E-state index is 0.114. The summed E-state index contributed by atoms with van der Waals surface area (Å²) in [5.41, 5.74) is 4.32. The van der Waals surface area contributed by atoms with Gasteiger partial charge >= 0.3 is 0 Å². The molecule has 0 unspecified atom stereocenters. The van der Waals surface area contributed by atoms with Crippen molar-refractivity contribution >= 4 is 34.3 Å². The van der Waals surface area contributed by atoms with Gasteiger partial charge in [-0.1, -0.05) is 17.7 Å². The van der Waals surface area contributed by atoms with Crippen molar-refractivity contribution in [1.29, 1.82) is 0 Å². The predicted octanol–water partition coefficient (Wildman–Crippen LogP) is 7.00. The number of amides is 1. The Kier molecular flexibility index (Phi) is 4.43. The fourth-order valence-electron chi connectivity index (χ4n) is 6.97. The maximum atomic E-state index is 13.0. The zero-order valence-electron chi connectivity index (χ0n) is 17.8. The molecule has 2 aromatic carbocycles. The Hall–Kier alpha value is -2.33. The van der Waals surface area contributed by atoms with Crippen molar-refractivity contribution in [2.24, 2.45) is 23.2 Å². The van der Waals surface area contributed by atoms with E-state index in [2.05, 4.69) is 10.3 Å². The van der Waals surface area contributed by atoms with Gasteiger partial charge in [0.05, 0.1) is 10.6 Å². The number of aromatic nitrogens is 1. The predicted molar refractivity (Wildman–Crippen MR) is 123 cm³/mol. The molecular formula is C26H27ClN2O2. The second-order valence-electron chi connectivity index (χ2n) is 10.3. The third-order valence-electron chi connectivity index (χ3n) is 7.73. The van der Waals surface area contributed by atoms with Crippen LogP contribution in [0.3, 0.4) is 0 Å². The summed E-state index contributed by atoms with van der Waals surface area (Å²) in [5.74, 6) is 3.14. The minimum absolute atomic E-state index is 0.114. The number of benzene rings is 2. The van der Waals surface area contributed by atoms with E-state index < -0.39 is 0 Å². The number of nitrogens with zero attached hydrogens (tertiary/aromatic N) is 1. The van der Waals surface area contributed by atoms with E-state index in [1.807, 2.05) is 37.3 Å². The summed E-state index contributed by atoms with van der Waals surface area (Å²) in [6.07, 6.45) is 8.53. The van der Waals surface area contributed by atoms with Gasteiger partial charge in [0.25, 0.3) is 0 Å². The van der Waals surface area contributed by atoms with E-state index in [1.165, 1.54) is 38.5 Å². The van der Waals surface area contributed by atoms with Crippen molar-refractivity contribution < 1.29 is 9.21 Å². The highest BCUT2D eigenvalue weighted by atomic mass is 35.5. The second kappa shape index (κ2) is 7.09. The van der Waals surface area contributed by atoms with Crippen molar-refractivity contribution in [2.75, 3.05) is 5.32 Å². The number of aryl methyl sites for hydroxylation is 1. The molecule has 0 radical (unpaired) electrons. The van der Waals surface area contributed by atoms with Crippen molar-refractivity contribution in [3.05, 3.63) is 47.0 Å². The lowest BCUT2D eigenvalue weighted by atomic mass is 9.49. The quantitative estimate of drug-likeness (QED) is 0.480. The van der Waals surface area contributed by atoms with E-state index >= 15 is 0 Å². The molecule has 4 aliphatic rings. The number of fused-ring (bicyclic) bond motifs is 1. The molecule has 5 heteroatoms. The number of hydrogen-bond donors (Lipinski definition) is 1. The molecule has 4 fully saturated rings. The number of carbonyl (C=O) groups excluding carboxylic acids is 1. The first-order valence-corrected chi connectivity index (χ1v) is 11.8. The first kappa shape index (κ1) is 19.4. The lowest BCUT2D eigenvalue weighted by Gasteiger charge is -2.56. The minimum Gasteiger partial charge on any atom is -0.436 e. The van der Waals surface area contributed by atoms with Gasteiger partial charge in [-0.15, -0.1) is 0 Å². The molecule has 31 heavy (non-hydrogen) atoms. The van der Waals surface area contributed by atoms with E-state index in [0.29, 0.717) is 22.9 Å². The number of hydrogen-bond acceptors (Lipinski definition) is 3. The van der Waals surface area contributed by atoms with Crippen LogP contribution in [-0.2, 0) is 4.79 Å². The van der Waals surface area contributed by atoms with Crippen LogP contribution in [0.25, 0.3) is 22.6 Å². The normalized spacial score (nSPS) is 28.9. The molecule has 1 N–H and O–H groups in total. The number of nitrogens with one attached hydrogen (secondary N) is 1. The van der Waals surface area contributed by atoms with Gasteiger partial charge in [0.1, 0.15) is 5.52 Å². The number of rotatable bonds is 4. The Morgan fingerprint density at radius 2 is 1.81 bits per heavy atom. The van der Waals surface area contributed by atoms with Gasteiger partial charge in [-0.2, -0.15) is 0 Å². The maximum Gasteiger partial charge on any atom is 0.228 e. The van der Waals surface area contributed by atoms with Gasteiger partial charge in [0.15, 0.2) is 5.58 Å². The summed E-state index contributed by atoms with van der Waals surface area (Å²) in [7, 11) is 0. The summed E-state index contributed by atoms with van der Waals surface area (Å²) in [6, 6.07) is 11.5. The SMILES string of the molecule is Cc1ccc2nc(-c3cc(NC(=O)CC45CC6CC(CC(C6)C4)C5)ccc3Cl)oc2c1. The van der Waals surface area contributed by atoms with Gasteiger partial charge in [0, 0.05) is 12.1 Å². The van der Waals surface area contributed by atoms with Crippen LogP contribution in [0, 0.1) is 30.1 Å². The molecule has 0 spiro atoms. The highest BCUT2D eigenvalue weighted by Gasteiger charge is 2.51. The smallest absolute Gasteiger partial charge is 0.228 e. The Morgan fingerprint density at radius 1 is 1.10 bits per heavy atom. The molecule has 1 aromatic heterocycles. The molecule has 4 nitrogen and oxygen atoms in total. The lowest BCUT2D eigenvalue weighted by molar-refractivity contribution is -0.124. The summed E-state index contributed by atoms with van der Waals surface area (Å²) < 4.78 is 5.96. The molecule has 4 aliphatic carbocycles. The average Bonchev–Trinajstić information content (AvgIpc) is 3.10. The van der Waals surface area contributed by atoms with Gasteiger partial charge in [0.2, 0.25) is 11.8 Å². The fraction of sp³-hybridized carbons (Fsp3) is 0.462. The Morgan fingerprint density at radius 3 is 2.52 bits per heavy atom. The van der Waals surface area contributed by atoms with E-state index in [9.17, 15) is 4.79 Å². The van der Waals surface area contributed by atoms with Gasteiger partial charge in [-0.05, 0) is 105 Å². The second-order valence-corrected chi connectivity index (χ2v) is 10.7. The molecule has 1 amide bonds. The molecule has 3 aromatic rings. The summed E-state index contributed by atoms with van der Waals surface area (Å²) in [5, 5.41) is 3.69. The lowest BCUT2D eigenvalue weighted by Crippen LogP contribution is -2.47. The molecule has 1 heterocycles. The molecule has 0 saturated heterocycles. The van der Waals surface area contributed by atoms with E-state index in [0.717, 1.165) is 40.1 Å². The monoisotopic (exact) mass is 434 g/mol. The van der Waals surface area contributed by atoms with Crippen LogP contribution in [0.5, 0.6) is 0 Å². The Balaban J connectivity index is 1.22. The van der Waals surface area contributed by atoms with Crippen molar-refractivity contribution in [3.8, 4) is 11.5 Å². The van der Waals surface area contributed by atoms with Crippen LogP contribution >= 0.6 is 11.6 Å². The van der Waals surface area contributed by atoms with Crippen LogP contribution in [-0.4, -0.2) is 10.9 Å². The third kappa shape index (κ3) is 3.55. The molecule has 160 valence electrons.